The van der Waals surface area contributed by atoms with Gasteiger partial charge in [0, 0.05) is 12.6 Å². The van der Waals surface area contributed by atoms with Crippen molar-refractivity contribution in [2.24, 2.45) is 5.92 Å². The van der Waals surface area contributed by atoms with Crippen LogP contribution < -0.4 is 5.32 Å². The first-order valence-electron chi connectivity index (χ1n) is 7.49. The molecule has 0 saturated carbocycles. The fraction of sp³-hybridized carbons (Fsp3) is 0.867. The Bertz CT molecular complexity index is 342. The van der Waals surface area contributed by atoms with Crippen molar-refractivity contribution in [2.45, 2.75) is 45.7 Å². The van der Waals surface area contributed by atoms with Crippen molar-refractivity contribution in [2.75, 3.05) is 33.7 Å². The molecule has 1 heterocycles. The number of nitrogens with one attached hydrogen (secondary N) is 1. The molecule has 5 nitrogen and oxygen atoms in total. The third-order valence-electron chi connectivity index (χ3n) is 3.84. The van der Waals surface area contributed by atoms with E-state index in [1.54, 1.807) is 0 Å². The second-order valence-corrected chi connectivity index (χ2v) is 6.43. The Morgan fingerprint density at radius 2 is 2.00 bits per heavy atom. The van der Waals surface area contributed by atoms with E-state index in [-0.39, 0.29) is 23.7 Å². The first-order chi connectivity index (χ1) is 9.31. The number of nitrogens with zero attached hydrogens (tertiary/aromatic N) is 2. The summed E-state index contributed by atoms with van der Waals surface area (Å²) in [4.78, 5) is 28.1. The number of hydrogen-bond donors (Lipinski definition) is 1. The molecule has 1 amide bonds. The first-order valence-corrected chi connectivity index (χ1v) is 7.49. The highest BCUT2D eigenvalue weighted by molar-refractivity contribution is 5.88. The van der Waals surface area contributed by atoms with Gasteiger partial charge in [-0.05, 0) is 46.3 Å². The van der Waals surface area contributed by atoms with Crippen LogP contribution in [-0.2, 0) is 9.59 Å². The first kappa shape index (κ1) is 17.1. The van der Waals surface area contributed by atoms with E-state index in [0.717, 1.165) is 25.9 Å². The highest BCUT2D eigenvalue weighted by Crippen LogP contribution is 2.17. The summed E-state index contributed by atoms with van der Waals surface area (Å²) < 4.78 is 0. The van der Waals surface area contributed by atoms with Gasteiger partial charge >= 0.3 is 0 Å². The molecular weight excluding hydrogens is 254 g/mol. The van der Waals surface area contributed by atoms with Crippen LogP contribution in [-0.4, -0.2) is 67.3 Å². The Morgan fingerprint density at radius 1 is 1.35 bits per heavy atom. The van der Waals surface area contributed by atoms with Crippen LogP contribution in [0.15, 0.2) is 0 Å². The van der Waals surface area contributed by atoms with Crippen molar-refractivity contribution in [3.05, 3.63) is 0 Å². The minimum atomic E-state index is -0.364. The maximum Gasteiger partial charge on any atom is 0.234 e. The Hall–Kier alpha value is -0.940. The number of Topliss-reactive ketones (excluding diaryl/α,β-unsaturated/α-hetero) is 1. The molecule has 0 aliphatic carbocycles. The van der Waals surface area contributed by atoms with Gasteiger partial charge < -0.3 is 10.2 Å². The second kappa shape index (κ2) is 7.74. The largest absolute Gasteiger partial charge is 0.345 e. The fourth-order valence-electron chi connectivity index (χ4n) is 2.87. The van der Waals surface area contributed by atoms with Gasteiger partial charge in [-0.25, -0.2) is 0 Å². The highest BCUT2D eigenvalue weighted by atomic mass is 16.2. The van der Waals surface area contributed by atoms with Crippen LogP contribution in [0.25, 0.3) is 0 Å². The molecular formula is C15H29N3O2. The lowest BCUT2D eigenvalue weighted by molar-refractivity contribution is -0.128. The Labute approximate surface area is 122 Å². The Balaban J connectivity index is 2.50. The number of amides is 1. The molecule has 2 atom stereocenters. The number of hydrogen-bond acceptors (Lipinski definition) is 4. The van der Waals surface area contributed by atoms with E-state index in [1.165, 1.54) is 6.92 Å². The molecule has 1 N–H and O–H groups in total. The third-order valence-corrected chi connectivity index (χ3v) is 3.84. The minimum Gasteiger partial charge on any atom is -0.345 e. The van der Waals surface area contributed by atoms with Crippen molar-refractivity contribution >= 4 is 11.7 Å². The molecule has 5 heteroatoms. The van der Waals surface area contributed by atoms with Crippen molar-refractivity contribution in [3.8, 4) is 0 Å². The molecule has 1 aliphatic rings. The lowest BCUT2D eigenvalue weighted by Gasteiger charge is -2.27. The normalized spacial score (nSPS) is 21.4. The van der Waals surface area contributed by atoms with E-state index in [1.807, 2.05) is 13.8 Å². The van der Waals surface area contributed by atoms with Gasteiger partial charge in [-0.15, -0.1) is 0 Å². The lowest BCUT2D eigenvalue weighted by atomic mass is 10.0. The number of carbonyl (C=O) groups excluding carboxylic acids is 2. The molecule has 1 aliphatic heterocycles. The predicted molar refractivity (Wildman–Crippen MR) is 80.6 cm³/mol. The predicted octanol–water partition coefficient (Wildman–Crippen LogP) is 0.742. The van der Waals surface area contributed by atoms with Crippen molar-refractivity contribution in [1.82, 2.24) is 15.1 Å². The zero-order chi connectivity index (χ0) is 15.3. The van der Waals surface area contributed by atoms with E-state index in [2.05, 4.69) is 29.2 Å². The van der Waals surface area contributed by atoms with Crippen molar-refractivity contribution in [1.29, 1.82) is 0 Å². The molecule has 1 fully saturated rings. The van der Waals surface area contributed by atoms with E-state index >= 15 is 0 Å². The van der Waals surface area contributed by atoms with Crippen LogP contribution in [0.5, 0.6) is 0 Å². The molecule has 116 valence electrons. The summed E-state index contributed by atoms with van der Waals surface area (Å²) >= 11 is 0. The van der Waals surface area contributed by atoms with Gasteiger partial charge in [-0.1, -0.05) is 13.8 Å². The maximum absolute atomic E-state index is 12.1. The van der Waals surface area contributed by atoms with Crippen LogP contribution in [0.1, 0.15) is 33.6 Å². The lowest BCUT2D eigenvalue weighted by Crippen LogP contribution is -2.49. The molecule has 0 aromatic carbocycles. The van der Waals surface area contributed by atoms with E-state index in [4.69, 9.17) is 0 Å². The summed E-state index contributed by atoms with van der Waals surface area (Å²) in [5.74, 6) is 0.122. The van der Waals surface area contributed by atoms with Gasteiger partial charge in [0.1, 0.15) is 0 Å². The fourth-order valence-corrected chi connectivity index (χ4v) is 2.87. The van der Waals surface area contributed by atoms with Gasteiger partial charge in [-0.2, -0.15) is 0 Å². The summed E-state index contributed by atoms with van der Waals surface area (Å²) in [5, 5.41) is 2.87. The van der Waals surface area contributed by atoms with Gasteiger partial charge in [0.15, 0.2) is 5.78 Å². The summed E-state index contributed by atoms with van der Waals surface area (Å²) in [6, 6.07) is 0.0861. The monoisotopic (exact) mass is 283 g/mol. The highest BCUT2D eigenvalue weighted by Gasteiger charge is 2.28. The summed E-state index contributed by atoms with van der Waals surface area (Å²) in [6.07, 6.45) is 2.29. The van der Waals surface area contributed by atoms with Gasteiger partial charge in [0.05, 0.1) is 12.6 Å². The van der Waals surface area contributed by atoms with E-state index < -0.39 is 0 Å². The zero-order valence-corrected chi connectivity index (χ0v) is 13.5. The van der Waals surface area contributed by atoms with Crippen LogP contribution in [0.2, 0.25) is 0 Å². The van der Waals surface area contributed by atoms with Crippen molar-refractivity contribution < 1.29 is 9.59 Å². The minimum absolute atomic E-state index is 0.0274. The van der Waals surface area contributed by atoms with Crippen LogP contribution >= 0.6 is 0 Å². The Kier molecular flexibility index (Phi) is 6.62. The topological polar surface area (TPSA) is 52.7 Å². The SMILES string of the molecule is CC(=O)C(NC(=O)CN1CCCC1CN(C)C)C(C)C. The molecule has 0 aromatic heterocycles. The summed E-state index contributed by atoms with van der Waals surface area (Å²) in [7, 11) is 4.11. The molecule has 0 bridgehead atoms. The molecule has 2 unspecified atom stereocenters. The van der Waals surface area contributed by atoms with Gasteiger partial charge in [-0.3, -0.25) is 14.5 Å². The number of carbonyl (C=O) groups is 2. The van der Waals surface area contributed by atoms with Gasteiger partial charge in [0.2, 0.25) is 5.91 Å². The maximum atomic E-state index is 12.1. The van der Waals surface area contributed by atoms with E-state index in [0.29, 0.717) is 12.6 Å². The number of rotatable bonds is 7. The molecule has 1 rings (SSSR count). The van der Waals surface area contributed by atoms with Crippen LogP contribution in [0, 0.1) is 5.92 Å². The average molecular weight is 283 g/mol. The number of likely N-dealkylation sites (N-methyl/N-ethyl adjacent to an activating group) is 1. The second-order valence-electron chi connectivity index (χ2n) is 6.43. The molecule has 0 aromatic rings. The third kappa shape index (κ3) is 5.21. The molecule has 20 heavy (non-hydrogen) atoms. The number of ketones is 1. The van der Waals surface area contributed by atoms with Crippen LogP contribution in [0.3, 0.4) is 0 Å². The summed E-state index contributed by atoms with van der Waals surface area (Å²) in [5.41, 5.74) is 0. The van der Waals surface area contributed by atoms with Crippen LogP contribution in [0.4, 0.5) is 0 Å². The molecule has 1 saturated heterocycles. The molecule has 0 spiro atoms. The average Bonchev–Trinajstić information content (AvgIpc) is 2.71. The quantitative estimate of drug-likeness (QED) is 0.749. The van der Waals surface area contributed by atoms with Crippen molar-refractivity contribution in [3.63, 3.8) is 0 Å². The van der Waals surface area contributed by atoms with E-state index in [9.17, 15) is 9.59 Å². The smallest absolute Gasteiger partial charge is 0.234 e. The standard InChI is InChI=1S/C15H29N3O2/c1-11(2)15(12(3)19)16-14(20)10-18-8-6-7-13(18)9-17(4)5/h11,13,15H,6-10H2,1-5H3,(H,16,20). The Morgan fingerprint density at radius 3 is 2.50 bits per heavy atom. The van der Waals surface area contributed by atoms with Gasteiger partial charge in [0.25, 0.3) is 0 Å². The number of likely N-dealkylation sites (tertiary alicyclic amines) is 1. The molecule has 0 radical (unpaired) electrons. The summed E-state index contributed by atoms with van der Waals surface area (Å²) in [6.45, 7) is 7.80. The zero-order valence-electron chi connectivity index (χ0n) is 13.5.